The van der Waals surface area contributed by atoms with Crippen LogP contribution in [0.15, 0.2) is 35.2 Å². The molecule has 0 unspecified atom stereocenters. The summed E-state index contributed by atoms with van der Waals surface area (Å²) in [7, 11) is 0. The van der Waals surface area contributed by atoms with Crippen LogP contribution in [0.4, 0.5) is 0 Å². The molecule has 16 heavy (non-hydrogen) atoms. The van der Waals surface area contributed by atoms with Crippen LogP contribution in [-0.4, -0.2) is 29.8 Å². The van der Waals surface area contributed by atoms with Crippen molar-refractivity contribution < 1.29 is 0 Å². The highest BCUT2D eigenvalue weighted by Gasteiger charge is 2.27. The van der Waals surface area contributed by atoms with Gasteiger partial charge in [0.25, 0.3) is 0 Å². The van der Waals surface area contributed by atoms with Gasteiger partial charge in [-0.2, -0.15) is 0 Å². The molecule has 0 aliphatic heterocycles. The molecule has 0 amide bonds. The Labute approximate surface area is 103 Å². The predicted octanol–water partition coefficient (Wildman–Crippen LogP) is 3.65. The van der Waals surface area contributed by atoms with E-state index in [0.29, 0.717) is 0 Å². The van der Waals surface area contributed by atoms with Gasteiger partial charge in [-0.05, 0) is 37.9 Å². The Morgan fingerprint density at radius 3 is 2.56 bits per heavy atom. The second-order valence-electron chi connectivity index (χ2n) is 4.43. The molecule has 0 heterocycles. The number of rotatable bonds is 7. The third kappa shape index (κ3) is 3.84. The van der Waals surface area contributed by atoms with Crippen molar-refractivity contribution >= 4 is 11.8 Å². The molecule has 0 N–H and O–H groups in total. The highest BCUT2D eigenvalue weighted by Crippen LogP contribution is 2.27. The average Bonchev–Trinajstić information content (AvgIpc) is 3.13. The lowest BCUT2D eigenvalue weighted by molar-refractivity contribution is 0.281. The molecule has 0 aromatic heterocycles. The summed E-state index contributed by atoms with van der Waals surface area (Å²) in [5.74, 6) is 1.22. The summed E-state index contributed by atoms with van der Waals surface area (Å²) >= 11 is 1.98. The highest BCUT2D eigenvalue weighted by molar-refractivity contribution is 7.99. The van der Waals surface area contributed by atoms with Crippen LogP contribution < -0.4 is 0 Å². The second-order valence-corrected chi connectivity index (χ2v) is 5.60. The van der Waals surface area contributed by atoms with Crippen LogP contribution in [0.25, 0.3) is 0 Å². The molecule has 0 radical (unpaired) electrons. The Bertz CT molecular complexity index is 295. The van der Waals surface area contributed by atoms with Gasteiger partial charge in [0.1, 0.15) is 0 Å². The molecule has 1 fully saturated rings. The van der Waals surface area contributed by atoms with E-state index in [2.05, 4.69) is 42.2 Å². The molecule has 1 aliphatic carbocycles. The maximum Gasteiger partial charge on any atom is 0.0108 e. The van der Waals surface area contributed by atoms with E-state index >= 15 is 0 Å². The summed E-state index contributed by atoms with van der Waals surface area (Å²) < 4.78 is 0. The standard InChI is InChI=1S/C14H21NS/c1-2-10-15(13-8-9-13)11-12-16-14-6-4-3-5-7-14/h3-7,13H,2,8-12H2,1H3. The maximum atomic E-state index is 2.66. The molecular weight excluding hydrogens is 214 g/mol. The summed E-state index contributed by atoms with van der Waals surface area (Å²) in [5.41, 5.74) is 0. The normalized spacial score (nSPS) is 15.6. The number of nitrogens with zero attached hydrogens (tertiary/aromatic N) is 1. The molecule has 2 heteroatoms. The number of benzene rings is 1. The summed E-state index contributed by atoms with van der Waals surface area (Å²) in [6.07, 6.45) is 4.14. The monoisotopic (exact) mass is 235 g/mol. The third-order valence-corrected chi connectivity index (χ3v) is 3.96. The second kappa shape index (κ2) is 6.31. The van der Waals surface area contributed by atoms with Gasteiger partial charge in [0.05, 0.1) is 0 Å². The van der Waals surface area contributed by atoms with Crippen LogP contribution in [-0.2, 0) is 0 Å². The third-order valence-electron chi connectivity index (χ3n) is 2.96. The van der Waals surface area contributed by atoms with E-state index in [-0.39, 0.29) is 0 Å². The molecule has 0 bridgehead atoms. The van der Waals surface area contributed by atoms with Gasteiger partial charge in [-0.1, -0.05) is 25.1 Å². The van der Waals surface area contributed by atoms with E-state index in [1.807, 2.05) is 11.8 Å². The number of thioether (sulfide) groups is 1. The fraction of sp³-hybridized carbons (Fsp3) is 0.571. The maximum absolute atomic E-state index is 2.66. The van der Waals surface area contributed by atoms with Crippen LogP contribution in [0.1, 0.15) is 26.2 Å². The van der Waals surface area contributed by atoms with Gasteiger partial charge >= 0.3 is 0 Å². The van der Waals surface area contributed by atoms with Crippen molar-refractivity contribution in [1.29, 1.82) is 0 Å². The molecule has 0 spiro atoms. The lowest BCUT2D eigenvalue weighted by Gasteiger charge is -2.20. The van der Waals surface area contributed by atoms with Gasteiger partial charge < -0.3 is 0 Å². The molecule has 88 valence electrons. The Hall–Kier alpha value is -0.470. The van der Waals surface area contributed by atoms with Gasteiger partial charge in [0, 0.05) is 23.2 Å². The van der Waals surface area contributed by atoms with Crippen molar-refractivity contribution in [3.63, 3.8) is 0 Å². The fourth-order valence-corrected chi connectivity index (χ4v) is 2.91. The number of hydrogen-bond acceptors (Lipinski definition) is 2. The van der Waals surface area contributed by atoms with Crippen molar-refractivity contribution in [3.05, 3.63) is 30.3 Å². The van der Waals surface area contributed by atoms with Gasteiger partial charge in [-0.3, -0.25) is 4.90 Å². The quantitative estimate of drug-likeness (QED) is 0.664. The molecular formula is C14H21NS. The van der Waals surface area contributed by atoms with Crippen LogP contribution in [0.5, 0.6) is 0 Å². The first-order valence-corrected chi connectivity index (χ1v) is 7.30. The van der Waals surface area contributed by atoms with E-state index in [4.69, 9.17) is 0 Å². The molecule has 1 saturated carbocycles. The minimum atomic E-state index is 0.913. The Balaban J connectivity index is 1.70. The molecule has 1 aromatic carbocycles. The summed E-state index contributed by atoms with van der Waals surface area (Å²) in [6, 6.07) is 11.6. The molecule has 0 atom stereocenters. The van der Waals surface area contributed by atoms with Crippen molar-refractivity contribution in [3.8, 4) is 0 Å². The SMILES string of the molecule is CCCN(CCSc1ccccc1)C1CC1. The van der Waals surface area contributed by atoms with Gasteiger partial charge in [-0.15, -0.1) is 11.8 Å². The Kier molecular flexibility index (Phi) is 4.73. The van der Waals surface area contributed by atoms with Gasteiger partial charge in [0.15, 0.2) is 0 Å². The minimum Gasteiger partial charge on any atom is -0.300 e. The number of hydrogen-bond donors (Lipinski definition) is 0. The highest BCUT2D eigenvalue weighted by atomic mass is 32.2. The summed E-state index contributed by atoms with van der Waals surface area (Å²) in [5, 5.41) is 0. The average molecular weight is 235 g/mol. The van der Waals surface area contributed by atoms with Crippen LogP contribution in [0, 0.1) is 0 Å². The summed E-state index contributed by atoms with van der Waals surface area (Å²) in [6.45, 7) is 4.80. The van der Waals surface area contributed by atoms with Crippen LogP contribution in [0.2, 0.25) is 0 Å². The smallest absolute Gasteiger partial charge is 0.0108 e. The summed E-state index contributed by atoms with van der Waals surface area (Å²) in [4.78, 5) is 4.06. The van der Waals surface area contributed by atoms with Crippen molar-refractivity contribution in [1.82, 2.24) is 4.90 Å². The van der Waals surface area contributed by atoms with E-state index in [9.17, 15) is 0 Å². The zero-order valence-corrected chi connectivity index (χ0v) is 10.9. The first kappa shape index (κ1) is 12.0. The fourth-order valence-electron chi connectivity index (χ4n) is 2.00. The molecule has 0 saturated heterocycles. The Morgan fingerprint density at radius 2 is 1.94 bits per heavy atom. The predicted molar refractivity (Wildman–Crippen MR) is 72.1 cm³/mol. The van der Waals surface area contributed by atoms with Gasteiger partial charge in [-0.25, -0.2) is 0 Å². The molecule has 1 aliphatic rings. The first-order chi connectivity index (χ1) is 7.90. The lowest BCUT2D eigenvalue weighted by Crippen LogP contribution is -2.29. The lowest BCUT2D eigenvalue weighted by atomic mass is 10.4. The van der Waals surface area contributed by atoms with E-state index in [1.165, 1.54) is 43.0 Å². The first-order valence-electron chi connectivity index (χ1n) is 6.32. The minimum absolute atomic E-state index is 0.913. The van der Waals surface area contributed by atoms with Crippen molar-refractivity contribution in [2.45, 2.75) is 37.1 Å². The van der Waals surface area contributed by atoms with E-state index in [1.54, 1.807) is 0 Å². The Morgan fingerprint density at radius 1 is 1.19 bits per heavy atom. The van der Waals surface area contributed by atoms with E-state index < -0.39 is 0 Å². The van der Waals surface area contributed by atoms with Crippen molar-refractivity contribution in [2.75, 3.05) is 18.8 Å². The molecule has 1 aromatic rings. The zero-order valence-electron chi connectivity index (χ0n) is 10.1. The topological polar surface area (TPSA) is 3.24 Å². The largest absolute Gasteiger partial charge is 0.300 e. The molecule has 1 nitrogen and oxygen atoms in total. The van der Waals surface area contributed by atoms with E-state index in [0.717, 1.165) is 6.04 Å². The van der Waals surface area contributed by atoms with Gasteiger partial charge in [0.2, 0.25) is 0 Å². The van der Waals surface area contributed by atoms with Crippen LogP contribution in [0.3, 0.4) is 0 Å². The zero-order chi connectivity index (χ0) is 11.2. The molecule has 2 rings (SSSR count). The van der Waals surface area contributed by atoms with Crippen LogP contribution >= 0.6 is 11.8 Å². The van der Waals surface area contributed by atoms with Crippen molar-refractivity contribution in [2.24, 2.45) is 0 Å².